The molecule has 1 unspecified atom stereocenters. The molecule has 1 N–H and O–H groups in total. The van der Waals surface area contributed by atoms with Crippen LogP contribution in [-0.4, -0.2) is 11.5 Å². The number of aromatic nitrogens is 1. The summed E-state index contributed by atoms with van der Waals surface area (Å²) >= 11 is 6.32. The van der Waals surface area contributed by atoms with Gasteiger partial charge in [-0.1, -0.05) is 6.07 Å². The molecule has 3 atom stereocenters. The number of halogens is 1. The van der Waals surface area contributed by atoms with Crippen LogP contribution in [0.5, 0.6) is 0 Å². The number of alkyl halides is 1. The van der Waals surface area contributed by atoms with Gasteiger partial charge in [0.15, 0.2) is 0 Å². The highest BCUT2D eigenvalue weighted by atomic mass is 35.5. The monoisotopic (exact) mass is 208 g/mol. The first-order chi connectivity index (χ1) is 6.86. The fourth-order valence-corrected chi connectivity index (χ4v) is 3.12. The molecule has 1 aromatic heterocycles. The van der Waals surface area contributed by atoms with Gasteiger partial charge in [0.1, 0.15) is 0 Å². The maximum Gasteiger partial charge on any atom is 0.0764 e. The molecule has 1 fully saturated rings. The van der Waals surface area contributed by atoms with E-state index < -0.39 is 0 Å². The summed E-state index contributed by atoms with van der Waals surface area (Å²) in [7, 11) is 0. The van der Waals surface area contributed by atoms with Gasteiger partial charge in [0.2, 0.25) is 0 Å². The molecule has 1 aromatic rings. The fourth-order valence-electron chi connectivity index (χ4n) is 2.71. The minimum absolute atomic E-state index is 0.118. The second-order valence-corrected chi connectivity index (χ2v) is 4.69. The van der Waals surface area contributed by atoms with E-state index in [1.807, 2.05) is 12.3 Å². The molecule has 0 saturated carbocycles. The van der Waals surface area contributed by atoms with Crippen LogP contribution >= 0.6 is 11.6 Å². The van der Waals surface area contributed by atoms with Crippen molar-refractivity contribution in [2.24, 2.45) is 5.92 Å². The second-order valence-electron chi connectivity index (χ2n) is 4.16. The Bertz CT molecular complexity index is 353. The molecule has 2 heterocycles. The summed E-state index contributed by atoms with van der Waals surface area (Å²) in [6.07, 6.45) is 4.16. The van der Waals surface area contributed by atoms with Crippen LogP contribution in [0.25, 0.3) is 0 Å². The van der Waals surface area contributed by atoms with Gasteiger partial charge < -0.3 is 5.32 Å². The normalized spacial score (nSPS) is 35.1. The molecular weight excluding hydrogens is 196 g/mol. The summed E-state index contributed by atoms with van der Waals surface area (Å²) in [5.74, 6) is 0.717. The van der Waals surface area contributed by atoms with E-state index in [2.05, 4.69) is 16.4 Å². The Morgan fingerprint density at radius 2 is 2.43 bits per heavy atom. The molecule has 14 heavy (non-hydrogen) atoms. The molecule has 3 rings (SSSR count). The number of nitrogens with one attached hydrogen (secondary N) is 1. The lowest BCUT2D eigenvalue weighted by molar-refractivity contribution is 0.394. The van der Waals surface area contributed by atoms with E-state index in [0.29, 0.717) is 12.0 Å². The van der Waals surface area contributed by atoms with Crippen molar-refractivity contribution in [1.82, 2.24) is 10.3 Å². The lowest BCUT2D eigenvalue weighted by Gasteiger charge is -2.30. The topological polar surface area (TPSA) is 24.9 Å². The molecule has 0 amide bonds. The quantitative estimate of drug-likeness (QED) is 0.663. The average molecular weight is 209 g/mol. The largest absolute Gasteiger partial charge is 0.310 e. The van der Waals surface area contributed by atoms with Crippen molar-refractivity contribution in [3.8, 4) is 0 Å². The molecular formula is C11H13ClN2. The molecule has 74 valence electrons. The summed E-state index contributed by atoms with van der Waals surface area (Å²) in [6.45, 7) is 1.12. The van der Waals surface area contributed by atoms with E-state index in [1.165, 1.54) is 12.0 Å². The average Bonchev–Trinajstić information content (AvgIpc) is 2.66. The van der Waals surface area contributed by atoms with Crippen LogP contribution in [-0.2, 0) is 0 Å². The third-order valence-electron chi connectivity index (χ3n) is 3.36. The molecule has 0 spiro atoms. The minimum atomic E-state index is 0.118. The Kier molecular flexibility index (Phi) is 1.99. The van der Waals surface area contributed by atoms with Crippen molar-refractivity contribution in [3.05, 3.63) is 29.6 Å². The van der Waals surface area contributed by atoms with Gasteiger partial charge in [-0.15, -0.1) is 11.6 Å². The highest BCUT2D eigenvalue weighted by molar-refractivity contribution is 6.20. The lowest BCUT2D eigenvalue weighted by atomic mass is 9.83. The smallest absolute Gasteiger partial charge is 0.0764 e. The summed E-state index contributed by atoms with van der Waals surface area (Å²) < 4.78 is 0. The first kappa shape index (κ1) is 8.69. The molecule has 3 heteroatoms. The van der Waals surface area contributed by atoms with Crippen LogP contribution in [0.3, 0.4) is 0 Å². The number of fused-ring (bicyclic) bond motifs is 3. The molecule has 1 aliphatic heterocycles. The van der Waals surface area contributed by atoms with Crippen LogP contribution < -0.4 is 5.32 Å². The number of pyridine rings is 1. The minimum Gasteiger partial charge on any atom is -0.310 e. The zero-order valence-electron chi connectivity index (χ0n) is 7.91. The van der Waals surface area contributed by atoms with E-state index in [0.717, 1.165) is 18.7 Å². The SMILES string of the molecule is ClC1C[C@@H]2CCN[C@@H]2c2cccnc21. The van der Waals surface area contributed by atoms with E-state index in [4.69, 9.17) is 11.6 Å². The Labute approximate surface area is 88.7 Å². The van der Waals surface area contributed by atoms with Gasteiger partial charge in [-0.3, -0.25) is 4.98 Å². The predicted molar refractivity (Wildman–Crippen MR) is 56.3 cm³/mol. The van der Waals surface area contributed by atoms with Crippen molar-refractivity contribution < 1.29 is 0 Å². The molecule has 2 nitrogen and oxygen atoms in total. The summed E-state index contributed by atoms with van der Waals surface area (Å²) in [6, 6.07) is 4.67. The second kappa shape index (κ2) is 3.21. The van der Waals surface area contributed by atoms with Crippen LogP contribution in [0.1, 0.15) is 35.5 Å². The first-order valence-corrected chi connectivity index (χ1v) is 5.62. The van der Waals surface area contributed by atoms with Crippen LogP contribution in [0.4, 0.5) is 0 Å². The zero-order chi connectivity index (χ0) is 9.54. The third-order valence-corrected chi connectivity index (χ3v) is 3.75. The molecule has 0 bridgehead atoms. The lowest BCUT2D eigenvalue weighted by Crippen LogP contribution is -2.25. The Balaban J connectivity index is 2.09. The van der Waals surface area contributed by atoms with Crippen LogP contribution in [0, 0.1) is 5.92 Å². The fraction of sp³-hybridized carbons (Fsp3) is 0.545. The number of nitrogens with zero attached hydrogens (tertiary/aromatic N) is 1. The molecule has 1 aliphatic carbocycles. The highest BCUT2D eigenvalue weighted by Gasteiger charge is 2.37. The van der Waals surface area contributed by atoms with Gasteiger partial charge in [0.25, 0.3) is 0 Å². The maximum atomic E-state index is 6.32. The van der Waals surface area contributed by atoms with Crippen LogP contribution in [0.15, 0.2) is 18.3 Å². The van der Waals surface area contributed by atoms with Crippen molar-refractivity contribution in [2.45, 2.75) is 24.3 Å². The molecule has 0 aromatic carbocycles. The van der Waals surface area contributed by atoms with Crippen molar-refractivity contribution in [3.63, 3.8) is 0 Å². The standard InChI is InChI=1S/C11H13ClN2/c12-9-6-7-3-5-14-10(7)8-2-1-4-13-11(8)9/h1-2,4,7,9-10,14H,3,5-6H2/t7-,9?,10-/m0/s1. The van der Waals surface area contributed by atoms with Crippen molar-refractivity contribution >= 4 is 11.6 Å². The van der Waals surface area contributed by atoms with E-state index in [1.54, 1.807) is 0 Å². The van der Waals surface area contributed by atoms with Gasteiger partial charge in [-0.25, -0.2) is 0 Å². The Hall–Kier alpha value is -0.600. The van der Waals surface area contributed by atoms with E-state index in [-0.39, 0.29) is 5.38 Å². The zero-order valence-corrected chi connectivity index (χ0v) is 8.67. The number of rotatable bonds is 0. The van der Waals surface area contributed by atoms with Crippen molar-refractivity contribution in [1.29, 1.82) is 0 Å². The molecule has 2 aliphatic rings. The van der Waals surface area contributed by atoms with E-state index in [9.17, 15) is 0 Å². The highest BCUT2D eigenvalue weighted by Crippen LogP contribution is 2.45. The molecule has 0 radical (unpaired) electrons. The summed E-state index contributed by atoms with van der Waals surface area (Å²) in [5.41, 5.74) is 2.41. The van der Waals surface area contributed by atoms with Gasteiger partial charge in [0.05, 0.1) is 11.1 Å². The predicted octanol–water partition coefficient (Wildman–Crippen LogP) is 2.42. The number of hydrogen-bond donors (Lipinski definition) is 1. The Morgan fingerprint density at radius 3 is 3.36 bits per heavy atom. The summed E-state index contributed by atoms with van der Waals surface area (Å²) in [4.78, 5) is 4.39. The third kappa shape index (κ3) is 1.17. The Morgan fingerprint density at radius 1 is 1.50 bits per heavy atom. The first-order valence-electron chi connectivity index (χ1n) is 5.18. The maximum absolute atomic E-state index is 6.32. The van der Waals surface area contributed by atoms with Gasteiger partial charge in [0, 0.05) is 12.2 Å². The van der Waals surface area contributed by atoms with Gasteiger partial charge >= 0.3 is 0 Å². The van der Waals surface area contributed by atoms with Crippen LogP contribution in [0.2, 0.25) is 0 Å². The summed E-state index contributed by atoms with van der Waals surface area (Å²) in [5, 5.41) is 3.65. The van der Waals surface area contributed by atoms with Gasteiger partial charge in [-0.05, 0) is 36.9 Å². The molecule has 1 saturated heterocycles. The number of hydrogen-bond acceptors (Lipinski definition) is 2. The van der Waals surface area contributed by atoms with Gasteiger partial charge in [-0.2, -0.15) is 0 Å². The van der Waals surface area contributed by atoms with Crippen molar-refractivity contribution in [2.75, 3.05) is 6.54 Å². The van der Waals surface area contributed by atoms with E-state index >= 15 is 0 Å².